The van der Waals surface area contributed by atoms with Gasteiger partial charge in [-0.1, -0.05) is 19.3 Å². The molecule has 1 aliphatic carbocycles. The van der Waals surface area contributed by atoms with Crippen LogP contribution in [0.1, 0.15) is 32.1 Å². The van der Waals surface area contributed by atoms with Crippen LogP contribution in [0, 0.1) is 0 Å². The number of hydrogen-bond acceptors (Lipinski definition) is 2. The van der Waals surface area contributed by atoms with Crippen LogP contribution in [0.2, 0.25) is 0 Å². The zero-order valence-electron chi connectivity index (χ0n) is 5.84. The Balaban J connectivity index is 2.32. The minimum atomic E-state index is 0.271. The van der Waals surface area contributed by atoms with Crippen LogP contribution >= 0.6 is 0 Å². The molecule has 0 amide bonds. The second-order valence-corrected chi connectivity index (χ2v) is 2.97. The van der Waals surface area contributed by atoms with Crippen molar-refractivity contribution in [2.24, 2.45) is 11.5 Å². The average Bonchev–Trinajstić information content (AvgIpc) is 1.99. The molecule has 0 aromatic carbocycles. The molecule has 0 unspecified atom stereocenters. The summed E-state index contributed by atoms with van der Waals surface area (Å²) in [5.41, 5.74) is 11.5. The Morgan fingerprint density at radius 3 is 1.67 bits per heavy atom. The Hall–Kier alpha value is -0.0800. The third-order valence-corrected chi connectivity index (χ3v) is 2.12. The standard InChI is InChI=1S/C7H16N2/c8-6-4-2-1-3-5-7(6)9/h6-7H,1-5,8-9H2/t6-,7-/m1/s1. The van der Waals surface area contributed by atoms with Crippen LogP contribution in [-0.2, 0) is 0 Å². The number of nitrogens with two attached hydrogens (primary N) is 2. The van der Waals surface area contributed by atoms with E-state index < -0.39 is 0 Å². The highest BCUT2D eigenvalue weighted by atomic mass is 14.8. The zero-order chi connectivity index (χ0) is 6.69. The molecular weight excluding hydrogens is 112 g/mol. The van der Waals surface area contributed by atoms with Gasteiger partial charge in [0.05, 0.1) is 0 Å². The summed E-state index contributed by atoms with van der Waals surface area (Å²) in [5, 5.41) is 0. The fourth-order valence-electron chi connectivity index (χ4n) is 1.37. The molecule has 1 saturated carbocycles. The van der Waals surface area contributed by atoms with E-state index in [0.29, 0.717) is 0 Å². The van der Waals surface area contributed by atoms with E-state index in [9.17, 15) is 0 Å². The van der Waals surface area contributed by atoms with Gasteiger partial charge in [-0.2, -0.15) is 0 Å². The second-order valence-electron chi connectivity index (χ2n) is 2.97. The van der Waals surface area contributed by atoms with E-state index in [1.807, 2.05) is 0 Å². The Labute approximate surface area is 56.6 Å². The summed E-state index contributed by atoms with van der Waals surface area (Å²) in [6.07, 6.45) is 6.12. The maximum atomic E-state index is 5.75. The summed E-state index contributed by atoms with van der Waals surface area (Å²) in [6, 6.07) is 0.542. The fourth-order valence-corrected chi connectivity index (χ4v) is 1.37. The first-order valence-electron chi connectivity index (χ1n) is 3.82. The Morgan fingerprint density at radius 2 is 1.22 bits per heavy atom. The maximum Gasteiger partial charge on any atom is 0.0192 e. The van der Waals surface area contributed by atoms with E-state index in [4.69, 9.17) is 11.5 Å². The van der Waals surface area contributed by atoms with Crippen molar-refractivity contribution in [3.8, 4) is 0 Å². The van der Waals surface area contributed by atoms with Crippen molar-refractivity contribution in [1.82, 2.24) is 0 Å². The van der Waals surface area contributed by atoms with Crippen LogP contribution < -0.4 is 11.5 Å². The topological polar surface area (TPSA) is 52.0 Å². The van der Waals surface area contributed by atoms with Crippen molar-refractivity contribution in [1.29, 1.82) is 0 Å². The van der Waals surface area contributed by atoms with Crippen LogP contribution in [0.4, 0.5) is 0 Å². The molecule has 2 atom stereocenters. The monoisotopic (exact) mass is 128 g/mol. The van der Waals surface area contributed by atoms with Gasteiger partial charge in [-0.15, -0.1) is 0 Å². The average molecular weight is 128 g/mol. The summed E-state index contributed by atoms with van der Waals surface area (Å²) in [6.45, 7) is 0. The fraction of sp³-hybridized carbons (Fsp3) is 1.00. The predicted octanol–water partition coefficient (Wildman–Crippen LogP) is 0.605. The van der Waals surface area contributed by atoms with Crippen LogP contribution in [0.25, 0.3) is 0 Å². The molecule has 0 aliphatic heterocycles. The first-order chi connectivity index (χ1) is 4.30. The molecule has 0 heterocycles. The summed E-state index contributed by atoms with van der Waals surface area (Å²) in [5.74, 6) is 0. The SMILES string of the molecule is N[C@@H]1CCCCC[C@H]1N. The number of hydrogen-bond donors (Lipinski definition) is 2. The molecule has 1 aliphatic rings. The molecule has 0 spiro atoms. The van der Waals surface area contributed by atoms with Gasteiger partial charge in [0.15, 0.2) is 0 Å². The molecule has 0 aromatic rings. The zero-order valence-corrected chi connectivity index (χ0v) is 5.84. The van der Waals surface area contributed by atoms with Crippen molar-refractivity contribution < 1.29 is 0 Å². The molecule has 4 N–H and O–H groups in total. The van der Waals surface area contributed by atoms with Crippen molar-refractivity contribution in [3.05, 3.63) is 0 Å². The first-order valence-corrected chi connectivity index (χ1v) is 3.82. The molecule has 2 heteroatoms. The van der Waals surface area contributed by atoms with E-state index in [-0.39, 0.29) is 12.1 Å². The van der Waals surface area contributed by atoms with Gasteiger partial charge in [-0.25, -0.2) is 0 Å². The third kappa shape index (κ3) is 1.95. The van der Waals surface area contributed by atoms with E-state index in [0.717, 1.165) is 12.8 Å². The maximum absolute atomic E-state index is 5.75. The van der Waals surface area contributed by atoms with Gasteiger partial charge in [-0.05, 0) is 12.8 Å². The first kappa shape index (κ1) is 7.03. The minimum Gasteiger partial charge on any atom is -0.326 e. The molecule has 2 nitrogen and oxygen atoms in total. The van der Waals surface area contributed by atoms with Gasteiger partial charge >= 0.3 is 0 Å². The van der Waals surface area contributed by atoms with Crippen LogP contribution in [0.5, 0.6) is 0 Å². The van der Waals surface area contributed by atoms with E-state index >= 15 is 0 Å². The lowest BCUT2D eigenvalue weighted by molar-refractivity contribution is 0.500. The van der Waals surface area contributed by atoms with Crippen molar-refractivity contribution in [2.45, 2.75) is 44.2 Å². The van der Waals surface area contributed by atoms with Crippen LogP contribution in [0.3, 0.4) is 0 Å². The lowest BCUT2D eigenvalue weighted by Crippen LogP contribution is -2.40. The van der Waals surface area contributed by atoms with Gasteiger partial charge in [0.1, 0.15) is 0 Å². The van der Waals surface area contributed by atoms with Crippen LogP contribution in [-0.4, -0.2) is 12.1 Å². The highest BCUT2D eigenvalue weighted by Gasteiger charge is 2.15. The number of rotatable bonds is 0. The molecule has 1 fully saturated rings. The Morgan fingerprint density at radius 1 is 0.778 bits per heavy atom. The van der Waals surface area contributed by atoms with Gasteiger partial charge in [0, 0.05) is 12.1 Å². The van der Waals surface area contributed by atoms with Crippen LogP contribution in [0.15, 0.2) is 0 Å². The largest absolute Gasteiger partial charge is 0.326 e. The van der Waals surface area contributed by atoms with Gasteiger partial charge in [0.25, 0.3) is 0 Å². The highest BCUT2D eigenvalue weighted by molar-refractivity contribution is 4.78. The lowest BCUT2D eigenvalue weighted by atomic mass is 10.1. The molecule has 0 aromatic heterocycles. The van der Waals surface area contributed by atoms with Gasteiger partial charge in [0.2, 0.25) is 0 Å². The molecule has 1 rings (SSSR count). The Bertz CT molecular complexity index is 73.0. The molecule has 9 heavy (non-hydrogen) atoms. The van der Waals surface area contributed by atoms with E-state index in [1.165, 1.54) is 19.3 Å². The summed E-state index contributed by atoms with van der Waals surface area (Å²) in [7, 11) is 0. The third-order valence-electron chi connectivity index (χ3n) is 2.12. The highest BCUT2D eigenvalue weighted by Crippen LogP contribution is 2.14. The van der Waals surface area contributed by atoms with E-state index in [1.54, 1.807) is 0 Å². The second kappa shape index (κ2) is 3.18. The molecular formula is C7H16N2. The molecule has 0 radical (unpaired) electrons. The lowest BCUT2D eigenvalue weighted by Gasteiger charge is -2.14. The van der Waals surface area contributed by atoms with Crippen molar-refractivity contribution >= 4 is 0 Å². The van der Waals surface area contributed by atoms with Crippen molar-refractivity contribution in [2.75, 3.05) is 0 Å². The molecule has 0 saturated heterocycles. The quantitative estimate of drug-likeness (QED) is 0.469. The predicted molar refractivity (Wildman–Crippen MR) is 39.0 cm³/mol. The smallest absolute Gasteiger partial charge is 0.0192 e. The van der Waals surface area contributed by atoms with Gasteiger partial charge in [-0.3, -0.25) is 0 Å². The summed E-state index contributed by atoms with van der Waals surface area (Å²) >= 11 is 0. The minimum absolute atomic E-state index is 0.271. The summed E-state index contributed by atoms with van der Waals surface area (Å²) < 4.78 is 0. The van der Waals surface area contributed by atoms with Gasteiger partial charge < -0.3 is 11.5 Å². The normalized spacial score (nSPS) is 38.0. The Kier molecular flexibility index (Phi) is 2.49. The van der Waals surface area contributed by atoms with E-state index in [2.05, 4.69) is 0 Å². The summed E-state index contributed by atoms with van der Waals surface area (Å²) in [4.78, 5) is 0. The molecule has 0 bridgehead atoms. The molecule has 54 valence electrons. The van der Waals surface area contributed by atoms with Crippen molar-refractivity contribution in [3.63, 3.8) is 0 Å².